The van der Waals surface area contributed by atoms with E-state index in [1.54, 1.807) is 6.92 Å². The zero-order valence-electron chi connectivity index (χ0n) is 7.78. The summed E-state index contributed by atoms with van der Waals surface area (Å²) in [4.78, 5) is 15.3. The van der Waals surface area contributed by atoms with Gasteiger partial charge in [0.05, 0.1) is 6.61 Å². The maximum absolute atomic E-state index is 11.2. The quantitative estimate of drug-likeness (QED) is 0.630. The molecule has 0 bridgehead atoms. The van der Waals surface area contributed by atoms with Crippen LogP contribution in [0, 0.1) is 0 Å². The third kappa shape index (κ3) is 2.37. The number of amides is 1. The van der Waals surface area contributed by atoms with E-state index < -0.39 is 0 Å². The molecule has 0 aromatic carbocycles. The van der Waals surface area contributed by atoms with Gasteiger partial charge >= 0.3 is 0 Å². The van der Waals surface area contributed by atoms with Crippen molar-refractivity contribution < 1.29 is 9.53 Å². The molecule has 1 heterocycles. The first-order valence-corrected chi connectivity index (χ1v) is 4.94. The minimum Gasteiger partial charge on any atom is -0.480 e. The molecule has 74 valence electrons. The second kappa shape index (κ2) is 4.50. The summed E-state index contributed by atoms with van der Waals surface area (Å²) < 4.78 is 5.29. The van der Waals surface area contributed by atoms with E-state index in [0.717, 1.165) is 0 Å². The van der Waals surface area contributed by atoms with Crippen LogP contribution in [0.15, 0.2) is 4.99 Å². The molecule has 0 fully saturated rings. The largest absolute Gasteiger partial charge is 0.480 e. The summed E-state index contributed by atoms with van der Waals surface area (Å²) in [6, 6.07) is -0.523. The Labute approximate surface area is 83.2 Å². The van der Waals surface area contributed by atoms with Gasteiger partial charge in [0.25, 0.3) is 0 Å². The molecule has 2 atom stereocenters. The molecule has 0 spiro atoms. The lowest BCUT2D eigenvalue weighted by Gasteiger charge is -2.25. The fraction of sp³-hybridized carbons (Fsp3) is 0.750. The number of ether oxygens (including phenoxy) is 1. The smallest absolute Gasteiger partial charge is 0.245 e. The summed E-state index contributed by atoms with van der Waals surface area (Å²) in [6.07, 6.45) is 0. The standard InChI is InChI=1S/C8H14N2O2S/c1-3-12-8-6(4-13)10-7(11)5(2)9-8/h5-6,13H,3-4H2,1-2H3,(H,10,11)/t5?,6-/m0/s1. The number of nitrogens with one attached hydrogen (secondary N) is 1. The SMILES string of the molecule is CCOC1=NC(C)C(=O)N[C@H]1CS. The van der Waals surface area contributed by atoms with Crippen molar-refractivity contribution in [2.75, 3.05) is 12.4 Å². The van der Waals surface area contributed by atoms with Crippen LogP contribution in [0.4, 0.5) is 0 Å². The maximum atomic E-state index is 11.2. The van der Waals surface area contributed by atoms with Gasteiger partial charge in [0.2, 0.25) is 11.8 Å². The van der Waals surface area contributed by atoms with Gasteiger partial charge in [-0.25, -0.2) is 4.99 Å². The van der Waals surface area contributed by atoms with Gasteiger partial charge < -0.3 is 10.1 Å². The van der Waals surface area contributed by atoms with Crippen LogP contribution in [0.25, 0.3) is 0 Å². The lowest BCUT2D eigenvalue weighted by molar-refractivity contribution is -0.122. The molecule has 0 aromatic heterocycles. The Morgan fingerprint density at radius 1 is 1.69 bits per heavy atom. The molecule has 1 N–H and O–H groups in total. The predicted molar refractivity (Wildman–Crippen MR) is 54.3 cm³/mol. The van der Waals surface area contributed by atoms with Crippen LogP contribution in [0.5, 0.6) is 0 Å². The van der Waals surface area contributed by atoms with Gasteiger partial charge in [-0.3, -0.25) is 4.79 Å². The van der Waals surface area contributed by atoms with E-state index >= 15 is 0 Å². The number of aliphatic imine (C=N–C) groups is 1. The van der Waals surface area contributed by atoms with Crippen LogP contribution < -0.4 is 5.32 Å². The highest BCUT2D eigenvalue weighted by Crippen LogP contribution is 2.05. The molecular weight excluding hydrogens is 188 g/mol. The first-order valence-electron chi connectivity index (χ1n) is 4.30. The van der Waals surface area contributed by atoms with Crippen LogP contribution in [0.2, 0.25) is 0 Å². The van der Waals surface area contributed by atoms with Gasteiger partial charge in [-0.2, -0.15) is 12.6 Å². The lowest BCUT2D eigenvalue weighted by atomic mass is 10.2. The second-order valence-corrected chi connectivity index (χ2v) is 3.19. The Bertz CT molecular complexity index is 230. The van der Waals surface area contributed by atoms with Crippen LogP contribution in [-0.4, -0.2) is 36.2 Å². The Kier molecular flexibility index (Phi) is 3.59. The molecule has 0 saturated carbocycles. The number of hydrogen-bond donors (Lipinski definition) is 2. The molecule has 1 unspecified atom stereocenters. The number of rotatable bonds is 2. The average molecular weight is 202 g/mol. The normalized spacial score (nSPS) is 27.9. The number of hydrogen-bond acceptors (Lipinski definition) is 4. The summed E-state index contributed by atoms with van der Waals surface area (Å²) in [6.45, 7) is 4.19. The summed E-state index contributed by atoms with van der Waals surface area (Å²) >= 11 is 4.11. The molecule has 0 radical (unpaired) electrons. The van der Waals surface area contributed by atoms with E-state index in [2.05, 4.69) is 22.9 Å². The third-order valence-corrected chi connectivity index (χ3v) is 2.15. The van der Waals surface area contributed by atoms with E-state index in [1.807, 2.05) is 6.92 Å². The van der Waals surface area contributed by atoms with E-state index in [4.69, 9.17) is 4.74 Å². The number of nitrogens with zero attached hydrogens (tertiary/aromatic N) is 1. The van der Waals surface area contributed by atoms with Crippen LogP contribution in [-0.2, 0) is 9.53 Å². The molecule has 0 aromatic rings. The van der Waals surface area contributed by atoms with Crippen molar-refractivity contribution >= 4 is 24.4 Å². The van der Waals surface area contributed by atoms with Crippen molar-refractivity contribution in [2.24, 2.45) is 4.99 Å². The topological polar surface area (TPSA) is 50.7 Å². The van der Waals surface area contributed by atoms with Crippen molar-refractivity contribution in [1.82, 2.24) is 5.32 Å². The van der Waals surface area contributed by atoms with Gasteiger partial charge in [0, 0.05) is 5.75 Å². The summed E-state index contributed by atoms with van der Waals surface area (Å²) in [5.74, 6) is 1.03. The van der Waals surface area contributed by atoms with Gasteiger partial charge in [-0.1, -0.05) is 0 Å². The number of carbonyl (C=O) groups is 1. The molecule has 0 saturated heterocycles. The van der Waals surface area contributed by atoms with Crippen molar-refractivity contribution in [3.8, 4) is 0 Å². The minimum absolute atomic E-state index is 0.0671. The molecule has 1 rings (SSSR count). The Morgan fingerprint density at radius 2 is 2.38 bits per heavy atom. The highest BCUT2D eigenvalue weighted by molar-refractivity contribution is 7.80. The van der Waals surface area contributed by atoms with Gasteiger partial charge in [0.1, 0.15) is 12.1 Å². The first kappa shape index (κ1) is 10.4. The van der Waals surface area contributed by atoms with E-state index in [0.29, 0.717) is 18.3 Å². The van der Waals surface area contributed by atoms with Gasteiger partial charge in [-0.15, -0.1) is 0 Å². The first-order chi connectivity index (χ1) is 6.19. The molecular formula is C8H14N2O2S. The van der Waals surface area contributed by atoms with Gasteiger partial charge in [0.15, 0.2) is 0 Å². The number of thiol groups is 1. The Balaban J connectivity index is 2.75. The van der Waals surface area contributed by atoms with Gasteiger partial charge in [-0.05, 0) is 13.8 Å². The second-order valence-electron chi connectivity index (χ2n) is 2.82. The monoisotopic (exact) mass is 202 g/mol. The minimum atomic E-state index is -0.349. The molecule has 13 heavy (non-hydrogen) atoms. The van der Waals surface area contributed by atoms with E-state index in [-0.39, 0.29) is 18.0 Å². The van der Waals surface area contributed by atoms with Crippen molar-refractivity contribution in [2.45, 2.75) is 25.9 Å². The summed E-state index contributed by atoms with van der Waals surface area (Å²) in [7, 11) is 0. The fourth-order valence-corrected chi connectivity index (χ4v) is 1.35. The molecule has 1 aliphatic rings. The van der Waals surface area contributed by atoms with E-state index in [1.165, 1.54) is 0 Å². The maximum Gasteiger partial charge on any atom is 0.245 e. The van der Waals surface area contributed by atoms with Crippen molar-refractivity contribution in [3.63, 3.8) is 0 Å². The molecule has 1 amide bonds. The highest BCUT2D eigenvalue weighted by atomic mass is 32.1. The molecule has 1 aliphatic heterocycles. The predicted octanol–water partition coefficient (Wildman–Crippen LogP) is 0.238. The van der Waals surface area contributed by atoms with Crippen LogP contribution in [0.1, 0.15) is 13.8 Å². The highest BCUT2D eigenvalue weighted by Gasteiger charge is 2.27. The third-order valence-electron chi connectivity index (χ3n) is 1.79. The molecule has 5 heteroatoms. The Morgan fingerprint density at radius 3 is 2.92 bits per heavy atom. The number of carbonyl (C=O) groups excluding carboxylic acids is 1. The summed E-state index contributed by atoms with van der Waals surface area (Å²) in [5.41, 5.74) is 0. The van der Waals surface area contributed by atoms with Crippen molar-refractivity contribution in [1.29, 1.82) is 0 Å². The zero-order chi connectivity index (χ0) is 9.84. The molecule has 4 nitrogen and oxygen atoms in total. The lowest BCUT2D eigenvalue weighted by Crippen LogP contribution is -2.51. The fourth-order valence-electron chi connectivity index (χ4n) is 1.10. The van der Waals surface area contributed by atoms with E-state index in [9.17, 15) is 4.79 Å². The van der Waals surface area contributed by atoms with Crippen LogP contribution >= 0.6 is 12.6 Å². The molecule has 0 aliphatic carbocycles. The Hall–Kier alpha value is -0.710. The average Bonchev–Trinajstić information content (AvgIpc) is 2.11. The van der Waals surface area contributed by atoms with Crippen LogP contribution in [0.3, 0.4) is 0 Å². The van der Waals surface area contributed by atoms with Crippen molar-refractivity contribution in [3.05, 3.63) is 0 Å². The summed E-state index contributed by atoms with van der Waals surface area (Å²) in [5, 5.41) is 2.78. The zero-order valence-corrected chi connectivity index (χ0v) is 8.67.